The zero-order valence-corrected chi connectivity index (χ0v) is 15.0. The predicted molar refractivity (Wildman–Crippen MR) is 95.4 cm³/mol. The maximum Gasteiger partial charge on any atom is 0.416 e. The van der Waals surface area contributed by atoms with E-state index in [1.807, 2.05) is 0 Å². The molecule has 4 rings (SSSR count). The molecule has 0 aliphatic carbocycles. The van der Waals surface area contributed by atoms with Crippen molar-refractivity contribution in [1.29, 1.82) is 0 Å². The Morgan fingerprint density at radius 1 is 1.31 bits per heavy atom. The van der Waals surface area contributed by atoms with Crippen molar-refractivity contribution >= 4 is 17.9 Å². The SMILES string of the molecule is O=COc1cc(C(F)(F)F)ccc1-c1nnc(N[C@@H]2CCCOC2)n2cncc12. The van der Waals surface area contributed by atoms with Crippen LogP contribution in [0, 0.1) is 0 Å². The number of alkyl halides is 3. The molecule has 2 aromatic heterocycles. The van der Waals surface area contributed by atoms with E-state index in [-0.39, 0.29) is 29.5 Å². The Kier molecular flexibility index (Phi) is 5.05. The third-order valence-corrected chi connectivity index (χ3v) is 4.59. The lowest BCUT2D eigenvalue weighted by Gasteiger charge is -2.23. The summed E-state index contributed by atoms with van der Waals surface area (Å²) in [7, 11) is 0. The van der Waals surface area contributed by atoms with Gasteiger partial charge in [-0.1, -0.05) is 0 Å². The number of hydrogen-bond acceptors (Lipinski definition) is 7. The van der Waals surface area contributed by atoms with Gasteiger partial charge in [0.2, 0.25) is 5.95 Å². The van der Waals surface area contributed by atoms with Crippen molar-refractivity contribution in [2.75, 3.05) is 18.5 Å². The molecule has 152 valence electrons. The molecular formula is C18H16F3N5O3. The highest BCUT2D eigenvalue weighted by molar-refractivity contribution is 5.81. The number of carbonyl (C=O) groups excluding carboxylic acids is 1. The highest BCUT2D eigenvalue weighted by Gasteiger charge is 2.32. The van der Waals surface area contributed by atoms with Gasteiger partial charge < -0.3 is 14.8 Å². The first-order valence-corrected chi connectivity index (χ1v) is 8.82. The van der Waals surface area contributed by atoms with Gasteiger partial charge >= 0.3 is 6.18 Å². The molecule has 0 saturated carbocycles. The van der Waals surface area contributed by atoms with Crippen LogP contribution in [0.15, 0.2) is 30.7 Å². The lowest BCUT2D eigenvalue weighted by molar-refractivity contribution is -0.138. The summed E-state index contributed by atoms with van der Waals surface area (Å²) in [4.78, 5) is 14.9. The van der Waals surface area contributed by atoms with Crippen molar-refractivity contribution in [2.45, 2.75) is 25.1 Å². The Hall–Kier alpha value is -3.21. The smallest absolute Gasteiger partial charge is 0.416 e. The molecule has 1 aliphatic heterocycles. The van der Waals surface area contributed by atoms with Crippen LogP contribution in [0.2, 0.25) is 0 Å². The van der Waals surface area contributed by atoms with Gasteiger partial charge in [0, 0.05) is 12.2 Å². The first-order valence-electron chi connectivity index (χ1n) is 8.82. The molecule has 0 radical (unpaired) electrons. The number of nitrogens with zero attached hydrogens (tertiary/aromatic N) is 4. The fourth-order valence-corrected chi connectivity index (χ4v) is 3.21. The quantitative estimate of drug-likeness (QED) is 0.651. The number of anilines is 1. The van der Waals surface area contributed by atoms with Crippen LogP contribution in [0.4, 0.5) is 19.1 Å². The van der Waals surface area contributed by atoms with E-state index >= 15 is 0 Å². The maximum absolute atomic E-state index is 13.0. The molecule has 11 heteroatoms. The number of fused-ring (bicyclic) bond motifs is 1. The third kappa shape index (κ3) is 3.86. The zero-order chi connectivity index (χ0) is 20.4. The lowest BCUT2D eigenvalue weighted by Crippen LogP contribution is -2.31. The average molecular weight is 407 g/mol. The molecular weight excluding hydrogens is 391 g/mol. The van der Waals surface area contributed by atoms with Gasteiger partial charge in [-0.3, -0.25) is 9.20 Å². The van der Waals surface area contributed by atoms with Crippen molar-refractivity contribution in [3.05, 3.63) is 36.3 Å². The van der Waals surface area contributed by atoms with Gasteiger partial charge in [0.05, 0.1) is 29.9 Å². The lowest BCUT2D eigenvalue weighted by atomic mass is 10.1. The topological polar surface area (TPSA) is 90.6 Å². The van der Waals surface area contributed by atoms with Crippen molar-refractivity contribution < 1.29 is 27.4 Å². The van der Waals surface area contributed by atoms with Crippen LogP contribution in [-0.2, 0) is 15.7 Å². The van der Waals surface area contributed by atoms with Gasteiger partial charge in [0.15, 0.2) is 0 Å². The Bertz CT molecular complexity index is 1030. The predicted octanol–water partition coefficient (Wildman–Crippen LogP) is 2.94. The van der Waals surface area contributed by atoms with Crippen LogP contribution in [0.5, 0.6) is 5.75 Å². The van der Waals surface area contributed by atoms with Gasteiger partial charge in [-0.05, 0) is 31.0 Å². The molecule has 3 heterocycles. The molecule has 1 aromatic carbocycles. The van der Waals surface area contributed by atoms with Gasteiger partial charge in [0.25, 0.3) is 6.47 Å². The maximum atomic E-state index is 13.0. The van der Waals surface area contributed by atoms with Gasteiger partial charge in [-0.15, -0.1) is 10.2 Å². The third-order valence-electron chi connectivity index (χ3n) is 4.59. The fraction of sp³-hybridized carbons (Fsp3) is 0.333. The molecule has 0 bridgehead atoms. The van der Waals surface area contributed by atoms with Gasteiger partial charge in [0.1, 0.15) is 17.8 Å². The van der Waals surface area contributed by atoms with Crippen LogP contribution in [0.1, 0.15) is 18.4 Å². The van der Waals surface area contributed by atoms with Gasteiger partial charge in [-0.25, -0.2) is 4.98 Å². The second-order valence-electron chi connectivity index (χ2n) is 6.50. The summed E-state index contributed by atoms with van der Waals surface area (Å²) in [6, 6.07) is 2.91. The van der Waals surface area contributed by atoms with Crippen molar-refractivity contribution in [3.63, 3.8) is 0 Å². The molecule has 29 heavy (non-hydrogen) atoms. The summed E-state index contributed by atoms with van der Waals surface area (Å²) in [5, 5.41) is 11.6. The van der Waals surface area contributed by atoms with Crippen molar-refractivity contribution in [3.8, 4) is 17.0 Å². The van der Waals surface area contributed by atoms with Crippen molar-refractivity contribution in [2.24, 2.45) is 0 Å². The van der Waals surface area contributed by atoms with Crippen LogP contribution in [0.25, 0.3) is 16.8 Å². The van der Waals surface area contributed by atoms with E-state index in [0.29, 0.717) is 18.1 Å². The number of rotatable bonds is 5. The number of ether oxygens (including phenoxy) is 2. The number of nitrogens with one attached hydrogen (secondary N) is 1. The molecule has 0 unspecified atom stereocenters. The summed E-state index contributed by atoms with van der Waals surface area (Å²) >= 11 is 0. The minimum atomic E-state index is -4.58. The summed E-state index contributed by atoms with van der Waals surface area (Å²) in [5.41, 5.74) is -0.0184. The second-order valence-corrected chi connectivity index (χ2v) is 6.50. The molecule has 0 spiro atoms. The summed E-state index contributed by atoms with van der Waals surface area (Å²) in [5.74, 6) is 0.162. The minimum Gasteiger partial charge on any atom is -0.428 e. The van der Waals surface area contributed by atoms with E-state index < -0.39 is 11.7 Å². The number of aromatic nitrogens is 4. The van der Waals surface area contributed by atoms with E-state index in [9.17, 15) is 18.0 Å². The van der Waals surface area contributed by atoms with Crippen LogP contribution < -0.4 is 10.1 Å². The van der Waals surface area contributed by atoms with Crippen LogP contribution >= 0.6 is 0 Å². The summed E-state index contributed by atoms with van der Waals surface area (Å²) in [6.07, 6.45) is 0.288. The highest BCUT2D eigenvalue weighted by Crippen LogP contribution is 2.37. The molecule has 1 saturated heterocycles. The Labute approximate surface area is 162 Å². The number of halogens is 3. The van der Waals surface area contributed by atoms with Crippen LogP contribution in [-0.4, -0.2) is 45.3 Å². The molecule has 1 N–H and O–H groups in total. The molecule has 8 nitrogen and oxygen atoms in total. The van der Waals surface area contributed by atoms with Crippen LogP contribution in [0.3, 0.4) is 0 Å². The second kappa shape index (κ2) is 7.66. The van der Waals surface area contributed by atoms with Gasteiger partial charge in [-0.2, -0.15) is 13.2 Å². The standard InChI is InChI=1S/C18H16F3N5O3/c19-18(20,21)11-3-4-13(15(6-11)29-10-27)16-14-7-22-9-26(14)17(25-24-16)23-12-2-1-5-28-8-12/h3-4,6-7,9-10,12H,1-2,5,8H2,(H,23,25)/t12-/m1/s1. The van der Waals surface area contributed by atoms with E-state index in [4.69, 9.17) is 9.47 Å². The number of hydrogen-bond donors (Lipinski definition) is 1. The van der Waals surface area contributed by atoms with E-state index in [1.165, 1.54) is 18.6 Å². The molecule has 1 aliphatic rings. The first-order chi connectivity index (χ1) is 14.0. The van der Waals surface area contributed by atoms with E-state index in [1.54, 1.807) is 4.40 Å². The van der Waals surface area contributed by atoms with E-state index in [2.05, 4.69) is 20.5 Å². The normalized spacial score (nSPS) is 17.3. The molecule has 3 aromatic rings. The van der Waals surface area contributed by atoms with Crippen molar-refractivity contribution in [1.82, 2.24) is 19.6 Å². The zero-order valence-electron chi connectivity index (χ0n) is 15.0. The highest BCUT2D eigenvalue weighted by atomic mass is 19.4. The monoisotopic (exact) mass is 407 g/mol. The average Bonchev–Trinajstić information content (AvgIpc) is 3.19. The largest absolute Gasteiger partial charge is 0.428 e. The number of carbonyl (C=O) groups is 1. The molecule has 1 fully saturated rings. The Balaban J connectivity index is 1.76. The first kappa shape index (κ1) is 19.1. The Morgan fingerprint density at radius 2 is 2.17 bits per heavy atom. The Morgan fingerprint density at radius 3 is 2.90 bits per heavy atom. The summed E-state index contributed by atoms with van der Waals surface area (Å²) < 4.78 is 50.9. The number of imidazole rings is 1. The molecule has 0 amide bonds. The fourth-order valence-electron chi connectivity index (χ4n) is 3.21. The summed E-state index contributed by atoms with van der Waals surface area (Å²) in [6.45, 7) is 1.32. The minimum absolute atomic E-state index is 0.0644. The number of benzene rings is 1. The molecule has 1 atom stereocenters. The van der Waals surface area contributed by atoms with E-state index in [0.717, 1.165) is 31.6 Å².